The summed E-state index contributed by atoms with van der Waals surface area (Å²) in [6.45, 7) is 6.91. The number of carbonyl (C=O) groups is 1. The lowest BCUT2D eigenvalue weighted by molar-refractivity contribution is -0.139. The van der Waals surface area contributed by atoms with Gasteiger partial charge in [0.05, 0.1) is 6.54 Å². The number of piperidine rings is 2. The van der Waals surface area contributed by atoms with E-state index >= 15 is 0 Å². The van der Waals surface area contributed by atoms with Gasteiger partial charge in [-0.05, 0) is 43.3 Å². The first-order valence-corrected chi connectivity index (χ1v) is 9.21. The first kappa shape index (κ1) is 17.0. The normalized spacial score (nSPS) is 20.7. The lowest BCUT2D eigenvalue weighted by Crippen LogP contribution is -2.51. The molecule has 2 heterocycles. The SMILES string of the molecule is CCC#CCN1CCC2(CCC(=O)N(Cc3ccccc3)C2)CC1. The molecule has 1 spiro atoms. The summed E-state index contributed by atoms with van der Waals surface area (Å²) in [6.07, 6.45) is 5.10. The molecule has 0 bridgehead atoms. The monoisotopic (exact) mass is 324 g/mol. The number of amides is 1. The molecule has 2 aliphatic heterocycles. The second-order valence-electron chi connectivity index (χ2n) is 7.22. The molecule has 1 amide bonds. The number of rotatable bonds is 3. The zero-order valence-corrected chi connectivity index (χ0v) is 14.8. The number of benzene rings is 1. The van der Waals surface area contributed by atoms with E-state index in [0.717, 1.165) is 45.6 Å². The third kappa shape index (κ3) is 4.19. The minimum Gasteiger partial charge on any atom is -0.338 e. The lowest BCUT2D eigenvalue weighted by atomic mass is 9.72. The molecule has 3 nitrogen and oxygen atoms in total. The van der Waals surface area contributed by atoms with Crippen LogP contribution in [0.25, 0.3) is 0 Å². The summed E-state index contributed by atoms with van der Waals surface area (Å²) >= 11 is 0. The van der Waals surface area contributed by atoms with Crippen molar-refractivity contribution in [1.29, 1.82) is 0 Å². The molecule has 0 N–H and O–H groups in total. The molecular weight excluding hydrogens is 296 g/mol. The van der Waals surface area contributed by atoms with Crippen molar-refractivity contribution in [2.75, 3.05) is 26.2 Å². The molecule has 0 unspecified atom stereocenters. The van der Waals surface area contributed by atoms with E-state index in [2.05, 4.69) is 52.8 Å². The van der Waals surface area contributed by atoms with Gasteiger partial charge in [-0.2, -0.15) is 0 Å². The summed E-state index contributed by atoms with van der Waals surface area (Å²) in [5.41, 5.74) is 1.56. The average Bonchev–Trinajstić information content (AvgIpc) is 2.61. The van der Waals surface area contributed by atoms with Gasteiger partial charge in [-0.15, -0.1) is 5.92 Å². The van der Waals surface area contributed by atoms with Crippen LogP contribution in [0.4, 0.5) is 0 Å². The second-order valence-corrected chi connectivity index (χ2v) is 7.22. The van der Waals surface area contributed by atoms with E-state index in [4.69, 9.17) is 0 Å². The van der Waals surface area contributed by atoms with E-state index in [-0.39, 0.29) is 0 Å². The molecular formula is C21H28N2O. The molecule has 3 heteroatoms. The zero-order valence-electron chi connectivity index (χ0n) is 14.8. The van der Waals surface area contributed by atoms with E-state index < -0.39 is 0 Å². The third-order valence-corrected chi connectivity index (χ3v) is 5.49. The topological polar surface area (TPSA) is 23.6 Å². The molecule has 3 rings (SSSR count). The summed E-state index contributed by atoms with van der Waals surface area (Å²) in [5.74, 6) is 6.74. The highest BCUT2D eigenvalue weighted by atomic mass is 16.2. The second kappa shape index (κ2) is 7.85. The van der Waals surface area contributed by atoms with E-state index in [1.807, 2.05) is 6.07 Å². The minimum absolute atomic E-state index is 0.320. The van der Waals surface area contributed by atoms with Gasteiger partial charge >= 0.3 is 0 Å². The molecule has 0 aromatic heterocycles. The largest absolute Gasteiger partial charge is 0.338 e. The average molecular weight is 324 g/mol. The third-order valence-electron chi connectivity index (χ3n) is 5.49. The van der Waals surface area contributed by atoms with Gasteiger partial charge < -0.3 is 4.90 Å². The van der Waals surface area contributed by atoms with Gasteiger partial charge in [-0.3, -0.25) is 9.69 Å². The summed E-state index contributed by atoms with van der Waals surface area (Å²) in [4.78, 5) is 16.9. The Balaban J connectivity index is 1.58. The van der Waals surface area contributed by atoms with Crippen LogP contribution in [0.3, 0.4) is 0 Å². The van der Waals surface area contributed by atoms with Gasteiger partial charge in [-0.25, -0.2) is 0 Å². The fraction of sp³-hybridized carbons (Fsp3) is 0.571. The van der Waals surface area contributed by atoms with Gasteiger partial charge in [0, 0.05) is 25.9 Å². The maximum absolute atomic E-state index is 12.4. The summed E-state index contributed by atoms with van der Waals surface area (Å²) < 4.78 is 0. The first-order valence-electron chi connectivity index (χ1n) is 9.21. The fourth-order valence-electron chi connectivity index (χ4n) is 3.94. The lowest BCUT2D eigenvalue weighted by Gasteiger charge is -2.47. The van der Waals surface area contributed by atoms with Gasteiger partial charge in [0.1, 0.15) is 0 Å². The molecule has 0 radical (unpaired) electrons. The Kier molecular flexibility index (Phi) is 5.58. The van der Waals surface area contributed by atoms with Crippen molar-refractivity contribution in [1.82, 2.24) is 9.80 Å². The number of carbonyl (C=O) groups excluding carboxylic acids is 1. The van der Waals surface area contributed by atoms with Crippen molar-refractivity contribution in [3.8, 4) is 11.8 Å². The molecule has 0 atom stereocenters. The Morgan fingerprint density at radius 3 is 2.54 bits per heavy atom. The van der Waals surface area contributed by atoms with Crippen molar-refractivity contribution in [2.24, 2.45) is 5.41 Å². The highest BCUT2D eigenvalue weighted by molar-refractivity contribution is 5.77. The maximum atomic E-state index is 12.4. The van der Waals surface area contributed by atoms with Crippen molar-refractivity contribution < 1.29 is 4.79 Å². The molecule has 2 fully saturated rings. The van der Waals surface area contributed by atoms with Gasteiger partial charge in [0.25, 0.3) is 0 Å². The Hall–Kier alpha value is -1.79. The smallest absolute Gasteiger partial charge is 0.222 e. The molecule has 1 aromatic rings. The van der Waals surface area contributed by atoms with Crippen molar-refractivity contribution >= 4 is 5.91 Å². The standard InChI is InChI=1S/C21H28N2O/c1-2-3-7-14-22-15-12-21(13-16-22)11-10-20(24)23(18-21)17-19-8-5-4-6-9-19/h4-6,8-9H,2,10-18H2,1H3. The summed E-state index contributed by atoms with van der Waals surface area (Å²) in [6, 6.07) is 10.4. The Morgan fingerprint density at radius 1 is 1.08 bits per heavy atom. The van der Waals surface area contributed by atoms with Crippen LogP contribution in [0.2, 0.25) is 0 Å². The van der Waals surface area contributed by atoms with Crippen LogP contribution >= 0.6 is 0 Å². The van der Waals surface area contributed by atoms with Gasteiger partial charge in [0.15, 0.2) is 0 Å². The number of likely N-dealkylation sites (tertiary alicyclic amines) is 2. The highest BCUT2D eigenvalue weighted by Gasteiger charge is 2.40. The van der Waals surface area contributed by atoms with Crippen LogP contribution in [0.15, 0.2) is 30.3 Å². The Bertz CT molecular complexity index is 606. The van der Waals surface area contributed by atoms with E-state index in [1.165, 1.54) is 18.4 Å². The quantitative estimate of drug-likeness (QED) is 0.797. The van der Waals surface area contributed by atoms with Crippen molar-refractivity contribution in [3.63, 3.8) is 0 Å². The van der Waals surface area contributed by atoms with E-state index in [0.29, 0.717) is 17.7 Å². The number of hydrogen-bond donors (Lipinski definition) is 0. The summed E-state index contributed by atoms with van der Waals surface area (Å²) in [5, 5.41) is 0. The predicted molar refractivity (Wildman–Crippen MR) is 97.3 cm³/mol. The van der Waals surface area contributed by atoms with Crippen LogP contribution in [0.5, 0.6) is 0 Å². The molecule has 1 aromatic carbocycles. The van der Waals surface area contributed by atoms with Gasteiger partial charge in [-0.1, -0.05) is 43.2 Å². The zero-order chi connectivity index (χ0) is 16.8. The molecule has 0 aliphatic carbocycles. The maximum Gasteiger partial charge on any atom is 0.222 e. The van der Waals surface area contributed by atoms with E-state index in [1.54, 1.807) is 0 Å². The van der Waals surface area contributed by atoms with Crippen molar-refractivity contribution in [3.05, 3.63) is 35.9 Å². The highest BCUT2D eigenvalue weighted by Crippen LogP contribution is 2.40. The minimum atomic E-state index is 0.320. The molecule has 24 heavy (non-hydrogen) atoms. The van der Waals surface area contributed by atoms with Crippen LogP contribution in [0, 0.1) is 17.3 Å². The number of nitrogens with zero attached hydrogens (tertiary/aromatic N) is 2. The predicted octanol–water partition coefficient (Wildman–Crippen LogP) is 3.30. The Morgan fingerprint density at radius 2 is 1.83 bits per heavy atom. The van der Waals surface area contributed by atoms with Crippen LogP contribution in [0.1, 0.15) is 44.6 Å². The van der Waals surface area contributed by atoms with E-state index in [9.17, 15) is 4.79 Å². The van der Waals surface area contributed by atoms with Crippen molar-refractivity contribution in [2.45, 2.75) is 45.6 Å². The van der Waals surface area contributed by atoms with Crippen LogP contribution in [-0.4, -0.2) is 41.9 Å². The summed E-state index contributed by atoms with van der Waals surface area (Å²) in [7, 11) is 0. The van der Waals surface area contributed by atoms with Crippen LogP contribution < -0.4 is 0 Å². The Labute approximate surface area is 146 Å². The molecule has 0 saturated carbocycles. The molecule has 2 saturated heterocycles. The first-order chi connectivity index (χ1) is 11.7. The molecule has 128 valence electrons. The number of hydrogen-bond acceptors (Lipinski definition) is 2. The molecule has 2 aliphatic rings. The van der Waals surface area contributed by atoms with Gasteiger partial charge in [0.2, 0.25) is 5.91 Å². The van der Waals surface area contributed by atoms with Crippen LogP contribution in [-0.2, 0) is 11.3 Å². The fourth-order valence-corrected chi connectivity index (χ4v) is 3.94.